The van der Waals surface area contributed by atoms with Crippen molar-refractivity contribution in [1.82, 2.24) is 4.90 Å². The van der Waals surface area contributed by atoms with Crippen LogP contribution in [0.1, 0.15) is 10.4 Å². The van der Waals surface area contributed by atoms with Crippen molar-refractivity contribution in [1.29, 1.82) is 0 Å². The molecule has 4 heteroatoms. The van der Waals surface area contributed by atoms with Crippen LogP contribution in [0.3, 0.4) is 0 Å². The third-order valence-corrected chi connectivity index (χ3v) is 3.19. The van der Waals surface area contributed by atoms with Crippen LogP contribution in [-0.2, 0) is 0 Å². The van der Waals surface area contributed by atoms with Gasteiger partial charge in [-0.05, 0) is 30.5 Å². The summed E-state index contributed by atoms with van der Waals surface area (Å²) >= 11 is 7.31. The lowest BCUT2D eigenvalue weighted by atomic mass is 10.1. The quantitative estimate of drug-likeness (QED) is 0.608. The van der Waals surface area contributed by atoms with Crippen LogP contribution in [0.5, 0.6) is 0 Å². The predicted molar refractivity (Wildman–Crippen MR) is 71.1 cm³/mol. The molecule has 0 radical (unpaired) electrons. The molecule has 1 aromatic rings. The van der Waals surface area contributed by atoms with Crippen molar-refractivity contribution in [2.75, 3.05) is 20.4 Å². The molecule has 0 unspecified atom stereocenters. The summed E-state index contributed by atoms with van der Waals surface area (Å²) < 4.78 is 0. The predicted octanol–water partition coefficient (Wildman–Crippen LogP) is 3.29. The molecule has 2 nitrogen and oxygen atoms in total. The molecule has 16 heavy (non-hydrogen) atoms. The van der Waals surface area contributed by atoms with Gasteiger partial charge in [0.1, 0.15) is 0 Å². The van der Waals surface area contributed by atoms with Gasteiger partial charge in [0.2, 0.25) is 0 Å². The van der Waals surface area contributed by atoms with Crippen LogP contribution < -0.4 is 0 Å². The minimum absolute atomic E-state index is 0.00489. The average Bonchev–Trinajstić information content (AvgIpc) is 2.26. The lowest BCUT2D eigenvalue weighted by Gasteiger charge is -2.14. The van der Waals surface area contributed by atoms with Gasteiger partial charge in [-0.2, -0.15) is 0 Å². The summed E-state index contributed by atoms with van der Waals surface area (Å²) in [5.74, 6) is -0.00489. The lowest BCUT2D eigenvalue weighted by Crippen LogP contribution is -2.10. The number of ketones is 1. The lowest BCUT2D eigenvalue weighted by molar-refractivity contribution is 0.104. The normalized spacial score (nSPS) is 11.4. The fraction of sp³-hybridized carbons (Fsp3) is 0.250. The molecular weight excluding hydrogens is 242 g/mol. The van der Waals surface area contributed by atoms with E-state index in [-0.39, 0.29) is 5.78 Å². The highest BCUT2D eigenvalue weighted by atomic mass is 35.5. The van der Waals surface area contributed by atoms with Gasteiger partial charge in [-0.25, -0.2) is 0 Å². The van der Waals surface area contributed by atoms with Gasteiger partial charge < -0.3 is 4.90 Å². The van der Waals surface area contributed by atoms with E-state index in [1.54, 1.807) is 42.1 Å². The molecule has 0 amide bonds. The molecule has 0 atom stereocenters. The number of halogens is 1. The molecule has 0 heterocycles. The zero-order valence-electron chi connectivity index (χ0n) is 9.53. The van der Waals surface area contributed by atoms with E-state index in [1.807, 2.05) is 25.3 Å². The van der Waals surface area contributed by atoms with Crippen LogP contribution in [-0.4, -0.2) is 31.0 Å². The van der Waals surface area contributed by atoms with Crippen molar-refractivity contribution < 1.29 is 4.79 Å². The second-order valence-corrected chi connectivity index (χ2v) is 4.72. The number of benzene rings is 1. The number of carbonyl (C=O) groups excluding carboxylic acids is 1. The fourth-order valence-electron chi connectivity index (χ4n) is 1.18. The summed E-state index contributed by atoms with van der Waals surface area (Å²) in [6, 6.07) is 6.90. The molecule has 0 bridgehead atoms. The van der Waals surface area contributed by atoms with E-state index < -0.39 is 0 Å². The SMILES string of the molecule is CS/C(=C\C(=O)c1ccc(Cl)cc1)N(C)C. The van der Waals surface area contributed by atoms with Crippen LogP contribution in [0.25, 0.3) is 0 Å². The first kappa shape index (κ1) is 13.1. The Hall–Kier alpha value is -0.930. The molecule has 0 aliphatic carbocycles. The fourth-order valence-corrected chi connectivity index (χ4v) is 1.90. The number of nitrogens with zero attached hydrogens (tertiary/aromatic N) is 1. The van der Waals surface area contributed by atoms with E-state index in [0.29, 0.717) is 10.6 Å². The maximum atomic E-state index is 11.9. The van der Waals surface area contributed by atoms with Gasteiger partial charge in [0.25, 0.3) is 0 Å². The summed E-state index contributed by atoms with van der Waals surface area (Å²) in [6.45, 7) is 0. The molecule has 1 rings (SSSR count). The Labute approximate surface area is 105 Å². The van der Waals surface area contributed by atoms with Gasteiger partial charge >= 0.3 is 0 Å². The van der Waals surface area contributed by atoms with E-state index in [4.69, 9.17) is 11.6 Å². The van der Waals surface area contributed by atoms with E-state index in [1.165, 1.54) is 0 Å². The van der Waals surface area contributed by atoms with Crippen LogP contribution in [0, 0.1) is 0 Å². The molecule has 86 valence electrons. The van der Waals surface area contributed by atoms with E-state index >= 15 is 0 Å². The van der Waals surface area contributed by atoms with Crippen LogP contribution in [0.2, 0.25) is 5.02 Å². The maximum Gasteiger partial charge on any atom is 0.188 e. The first-order valence-electron chi connectivity index (χ1n) is 4.77. The third-order valence-electron chi connectivity index (χ3n) is 2.03. The monoisotopic (exact) mass is 255 g/mol. The minimum Gasteiger partial charge on any atom is -0.372 e. The summed E-state index contributed by atoms with van der Waals surface area (Å²) in [5, 5.41) is 1.57. The van der Waals surface area contributed by atoms with Gasteiger partial charge in [0.05, 0.1) is 5.03 Å². The van der Waals surface area contributed by atoms with Gasteiger partial charge in [-0.1, -0.05) is 11.6 Å². The second-order valence-electron chi connectivity index (χ2n) is 3.45. The Bertz CT molecular complexity index is 398. The van der Waals surface area contributed by atoms with Gasteiger partial charge in [0.15, 0.2) is 5.78 Å². The van der Waals surface area contributed by atoms with E-state index in [0.717, 1.165) is 5.03 Å². The third kappa shape index (κ3) is 3.58. The molecule has 0 saturated heterocycles. The zero-order valence-corrected chi connectivity index (χ0v) is 11.1. The van der Waals surface area contributed by atoms with Crippen molar-refractivity contribution in [3.05, 3.63) is 46.0 Å². The Morgan fingerprint density at radius 3 is 2.31 bits per heavy atom. The second kappa shape index (κ2) is 5.97. The summed E-state index contributed by atoms with van der Waals surface area (Å²) in [7, 11) is 3.83. The van der Waals surface area contributed by atoms with Crippen LogP contribution in [0.15, 0.2) is 35.4 Å². The smallest absolute Gasteiger partial charge is 0.188 e. The molecule has 0 saturated carbocycles. The largest absolute Gasteiger partial charge is 0.372 e. The number of rotatable bonds is 4. The first-order valence-corrected chi connectivity index (χ1v) is 6.37. The van der Waals surface area contributed by atoms with E-state index in [2.05, 4.69) is 0 Å². The standard InChI is InChI=1S/C12H14ClNOS/c1-14(2)12(16-3)8-11(15)9-4-6-10(13)7-5-9/h4-8H,1-3H3/b12-8-. The zero-order chi connectivity index (χ0) is 12.1. The Kier molecular flexibility index (Phi) is 4.90. The molecule has 0 spiro atoms. The maximum absolute atomic E-state index is 11.9. The van der Waals surface area contributed by atoms with E-state index in [9.17, 15) is 4.79 Å². The molecule has 0 fully saturated rings. The Balaban J connectivity index is 2.90. The van der Waals surface area contributed by atoms with Gasteiger partial charge in [0, 0.05) is 30.8 Å². The summed E-state index contributed by atoms with van der Waals surface area (Å²) in [6.07, 6.45) is 3.58. The number of hydrogen-bond donors (Lipinski definition) is 0. The molecule has 0 aliphatic rings. The average molecular weight is 256 g/mol. The highest BCUT2D eigenvalue weighted by Gasteiger charge is 2.05. The number of allylic oxidation sites excluding steroid dienone is 1. The van der Waals surface area contributed by atoms with Crippen molar-refractivity contribution in [3.8, 4) is 0 Å². The van der Waals surface area contributed by atoms with Crippen LogP contribution >= 0.6 is 23.4 Å². The topological polar surface area (TPSA) is 20.3 Å². The van der Waals surface area contributed by atoms with Crippen molar-refractivity contribution in [2.45, 2.75) is 0 Å². The molecular formula is C12H14ClNOS. The minimum atomic E-state index is -0.00489. The Morgan fingerprint density at radius 2 is 1.88 bits per heavy atom. The summed E-state index contributed by atoms with van der Waals surface area (Å²) in [5.41, 5.74) is 0.651. The molecule has 0 aromatic heterocycles. The van der Waals surface area contributed by atoms with Crippen molar-refractivity contribution in [2.24, 2.45) is 0 Å². The summed E-state index contributed by atoms with van der Waals surface area (Å²) in [4.78, 5) is 13.8. The van der Waals surface area contributed by atoms with Gasteiger partial charge in [-0.15, -0.1) is 11.8 Å². The van der Waals surface area contributed by atoms with Crippen molar-refractivity contribution >= 4 is 29.1 Å². The number of thioether (sulfide) groups is 1. The molecule has 0 N–H and O–H groups in total. The first-order chi connectivity index (χ1) is 7.54. The Morgan fingerprint density at radius 1 is 1.31 bits per heavy atom. The highest BCUT2D eigenvalue weighted by molar-refractivity contribution is 8.02. The number of hydrogen-bond acceptors (Lipinski definition) is 3. The number of carbonyl (C=O) groups is 1. The van der Waals surface area contributed by atoms with Crippen LogP contribution in [0.4, 0.5) is 0 Å². The molecule has 1 aromatic carbocycles. The van der Waals surface area contributed by atoms with Gasteiger partial charge in [-0.3, -0.25) is 4.79 Å². The van der Waals surface area contributed by atoms with Crippen molar-refractivity contribution in [3.63, 3.8) is 0 Å². The highest BCUT2D eigenvalue weighted by Crippen LogP contribution is 2.16. The molecule has 0 aliphatic heterocycles.